The van der Waals surface area contributed by atoms with E-state index in [0.29, 0.717) is 0 Å². The number of hydrogen-bond donors (Lipinski definition) is 1. The summed E-state index contributed by atoms with van der Waals surface area (Å²) in [5.74, 6) is 0. The number of nitrogens with zero attached hydrogens (tertiary/aromatic N) is 2. The minimum absolute atomic E-state index is 0.779. The highest BCUT2D eigenvalue weighted by Gasteiger charge is 2.20. The molecular formula is C15H33N3. The summed E-state index contributed by atoms with van der Waals surface area (Å²) in [6, 6.07) is 0.779. The second kappa shape index (κ2) is 9.76. The highest BCUT2D eigenvalue weighted by Crippen LogP contribution is 2.13. The molecule has 0 aromatic rings. The van der Waals surface area contributed by atoms with E-state index in [4.69, 9.17) is 5.73 Å². The van der Waals surface area contributed by atoms with Gasteiger partial charge in [0.2, 0.25) is 0 Å². The van der Waals surface area contributed by atoms with Gasteiger partial charge in [-0.2, -0.15) is 0 Å². The lowest BCUT2D eigenvalue weighted by Crippen LogP contribution is -2.40. The van der Waals surface area contributed by atoms with Crippen molar-refractivity contribution in [2.75, 3.05) is 39.8 Å². The summed E-state index contributed by atoms with van der Waals surface area (Å²) in [5.41, 5.74) is 5.51. The Morgan fingerprint density at radius 1 is 1.06 bits per heavy atom. The monoisotopic (exact) mass is 255 g/mol. The molecule has 0 aromatic carbocycles. The lowest BCUT2D eigenvalue weighted by Gasteiger charge is -2.30. The average molecular weight is 255 g/mol. The molecule has 3 heteroatoms. The first-order valence-corrected chi connectivity index (χ1v) is 7.90. The summed E-state index contributed by atoms with van der Waals surface area (Å²) < 4.78 is 0. The first-order chi connectivity index (χ1) is 8.77. The van der Waals surface area contributed by atoms with Gasteiger partial charge in [-0.15, -0.1) is 0 Å². The first-order valence-electron chi connectivity index (χ1n) is 7.90. The Kier molecular flexibility index (Phi) is 8.64. The van der Waals surface area contributed by atoms with Crippen molar-refractivity contribution >= 4 is 0 Å². The fraction of sp³-hybridized carbons (Fsp3) is 1.00. The zero-order valence-corrected chi connectivity index (χ0v) is 12.5. The Hall–Kier alpha value is -0.120. The highest BCUT2D eigenvalue weighted by molar-refractivity contribution is 4.77. The minimum atomic E-state index is 0.779. The van der Waals surface area contributed by atoms with E-state index in [1.54, 1.807) is 0 Å². The molecule has 1 atom stereocenters. The summed E-state index contributed by atoms with van der Waals surface area (Å²) in [7, 11) is 2.26. The van der Waals surface area contributed by atoms with E-state index < -0.39 is 0 Å². The number of unbranched alkanes of at least 4 members (excludes halogenated alkanes) is 4. The molecule has 3 nitrogen and oxygen atoms in total. The molecule has 1 heterocycles. The maximum Gasteiger partial charge on any atom is 0.0220 e. The van der Waals surface area contributed by atoms with Gasteiger partial charge in [-0.1, -0.05) is 26.2 Å². The zero-order valence-electron chi connectivity index (χ0n) is 12.5. The quantitative estimate of drug-likeness (QED) is 0.676. The zero-order chi connectivity index (χ0) is 13.2. The van der Waals surface area contributed by atoms with Crippen molar-refractivity contribution < 1.29 is 0 Å². The van der Waals surface area contributed by atoms with Gasteiger partial charge in [0.1, 0.15) is 0 Å². The number of nitrogens with two attached hydrogens (primary N) is 1. The van der Waals surface area contributed by atoms with Crippen LogP contribution in [0, 0.1) is 0 Å². The van der Waals surface area contributed by atoms with E-state index in [2.05, 4.69) is 23.8 Å². The molecule has 0 bridgehead atoms. The molecule has 2 N–H and O–H groups in total. The SMILES string of the molecule is CCC1CN(C)CCCN1CCCCCCCN. The van der Waals surface area contributed by atoms with E-state index in [-0.39, 0.29) is 0 Å². The molecule has 0 amide bonds. The van der Waals surface area contributed by atoms with Crippen molar-refractivity contribution in [3.63, 3.8) is 0 Å². The van der Waals surface area contributed by atoms with Crippen molar-refractivity contribution in [2.24, 2.45) is 5.73 Å². The molecule has 0 saturated carbocycles. The summed E-state index contributed by atoms with van der Waals surface area (Å²) in [4.78, 5) is 5.22. The van der Waals surface area contributed by atoms with Crippen LogP contribution in [-0.2, 0) is 0 Å². The van der Waals surface area contributed by atoms with Crippen LogP contribution in [-0.4, -0.2) is 55.6 Å². The first kappa shape index (κ1) is 15.9. The second-order valence-electron chi connectivity index (χ2n) is 5.77. The highest BCUT2D eigenvalue weighted by atomic mass is 15.2. The molecule has 0 aromatic heterocycles. The van der Waals surface area contributed by atoms with Gasteiger partial charge in [0.15, 0.2) is 0 Å². The van der Waals surface area contributed by atoms with Gasteiger partial charge in [-0.25, -0.2) is 0 Å². The standard InChI is InChI=1S/C15H33N3/c1-3-15-14-17(2)11-9-13-18(15)12-8-6-4-5-7-10-16/h15H,3-14,16H2,1-2H3. The summed E-state index contributed by atoms with van der Waals surface area (Å²) in [6.07, 6.45) is 9.25. The van der Waals surface area contributed by atoms with E-state index in [0.717, 1.165) is 12.6 Å². The van der Waals surface area contributed by atoms with Gasteiger partial charge < -0.3 is 10.6 Å². The Morgan fingerprint density at radius 2 is 1.78 bits per heavy atom. The molecule has 1 unspecified atom stereocenters. The predicted octanol–water partition coefficient (Wildman–Crippen LogP) is 2.31. The number of likely N-dealkylation sites (N-methyl/N-ethyl adjacent to an activating group) is 1. The van der Waals surface area contributed by atoms with Crippen LogP contribution in [0.1, 0.15) is 51.9 Å². The van der Waals surface area contributed by atoms with Crippen molar-refractivity contribution in [1.29, 1.82) is 0 Å². The molecule has 0 aliphatic carbocycles. The van der Waals surface area contributed by atoms with Gasteiger partial charge in [-0.05, 0) is 58.9 Å². The van der Waals surface area contributed by atoms with Crippen molar-refractivity contribution in [3.8, 4) is 0 Å². The Labute approximate surface area is 114 Å². The molecule has 1 aliphatic heterocycles. The van der Waals surface area contributed by atoms with Crippen LogP contribution in [0.2, 0.25) is 0 Å². The Morgan fingerprint density at radius 3 is 2.50 bits per heavy atom. The molecule has 1 rings (SSSR count). The van der Waals surface area contributed by atoms with Crippen molar-refractivity contribution in [2.45, 2.75) is 57.9 Å². The van der Waals surface area contributed by atoms with Gasteiger partial charge in [-0.3, -0.25) is 4.90 Å². The topological polar surface area (TPSA) is 32.5 Å². The molecule has 1 fully saturated rings. The normalized spacial score (nSPS) is 23.2. The van der Waals surface area contributed by atoms with Gasteiger partial charge in [0.05, 0.1) is 0 Å². The van der Waals surface area contributed by atoms with Crippen LogP contribution in [0.25, 0.3) is 0 Å². The van der Waals surface area contributed by atoms with Crippen LogP contribution in [0.3, 0.4) is 0 Å². The van der Waals surface area contributed by atoms with Crippen LogP contribution in [0.4, 0.5) is 0 Å². The number of rotatable bonds is 8. The lowest BCUT2D eigenvalue weighted by molar-refractivity contribution is 0.180. The second-order valence-corrected chi connectivity index (χ2v) is 5.77. The smallest absolute Gasteiger partial charge is 0.0220 e. The molecule has 108 valence electrons. The molecular weight excluding hydrogens is 222 g/mol. The molecule has 0 spiro atoms. The van der Waals surface area contributed by atoms with E-state index in [9.17, 15) is 0 Å². The predicted molar refractivity (Wildman–Crippen MR) is 79.9 cm³/mol. The van der Waals surface area contributed by atoms with Crippen LogP contribution in [0.5, 0.6) is 0 Å². The molecule has 18 heavy (non-hydrogen) atoms. The van der Waals surface area contributed by atoms with E-state index in [1.165, 1.54) is 71.1 Å². The van der Waals surface area contributed by atoms with Crippen LogP contribution in [0.15, 0.2) is 0 Å². The van der Waals surface area contributed by atoms with Crippen LogP contribution >= 0.6 is 0 Å². The van der Waals surface area contributed by atoms with Crippen molar-refractivity contribution in [1.82, 2.24) is 9.80 Å². The summed E-state index contributed by atoms with van der Waals surface area (Å²) in [6.45, 7) is 8.31. The molecule has 0 radical (unpaired) electrons. The Bertz CT molecular complexity index is 196. The minimum Gasteiger partial charge on any atom is -0.330 e. The average Bonchev–Trinajstić information content (AvgIpc) is 2.55. The Balaban J connectivity index is 2.17. The third-order valence-corrected chi connectivity index (χ3v) is 4.14. The summed E-state index contributed by atoms with van der Waals surface area (Å²) >= 11 is 0. The largest absolute Gasteiger partial charge is 0.330 e. The van der Waals surface area contributed by atoms with E-state index in [1.807, 2.05) is 0 Å². The fourth-order valence-corrected chi connectivity index (χ4v) is 2.96. The molecule has 1 aliphatic rings. The lowest BCUT2D eigenvalue weighted by atomic mass is 10.1. The van der Waals surface area contributed by atoms with Gasteiger partial charge >= 0.3 is 0 Å². The van der Waals surface area contributed by atoms with Gasteiger partial charge in [0, 0.05) is 12.6 Å². The molecule has 1 saturated heterocycles. The maximum absolute atomic E-state index is 5.51. The maximum atomic E-state index is 5.51. The van der Waals surface area contributed by atoms with E-state index >= 15 is 0 Å². The third kappa shape index (κ3) is 6.17. The van der Waals surface area contributed by atoms with Gasteiger partial charge in [0.25, 0.3) is 0 Å². The third-order valence-electron chi connectivity index (χ3n) is 4.14. The number of hydrogen-bond acceptors (Lipinski definition) is 3. The fourth-order valence-electron chi connectivity index (χ4n) is 2.96. The summed E-state index contributed by atoms with van der Waals surface area (Å²) in [5, 5.41) is 0. The van der Waals surface area contributed by atoms with Crippen molar-refractivity contribution in [3.05, 3.63) is 0 Å². The van der Waals surface area contributed by atoms with Crippen LogP contribution < -0.4 is 5.73 Å².